The summed E-state index contributed by atoms with van der Waals surface area (Å²) in [5, 5.41) is 3.02. The summed E-state index contributed by atoms with van der Waals surface area (Å²) in [5.74, 6) is 0.00690. The number of rotatable bonds is 4. The number of methoxy groups -OCH3 is 1. The molecule has 0 saturated carbocycles. The lowest BCUT2D eigenvalue weighted by atomic mass is 10.0. The molecule has 0 radical (unpaired) electrons. The van der Waals surface area contributed by atoms with E-state index in [1.165, 1.54) is 0 Å². The van der Waals surface area contributed by atoms with Gasteiger partial charge in [-0.25, -0.2) is 0 Å². The van der Waals surface area contributed by atoms with E-state index in [1.54, 1.807) is 14.0 Å². The highest BCUT2D eigenvalue weighted by Crippen LogP contribution is 2.09. The van der Waals surface area contributed by atoms with Gasteiger partial charge in [-0.15, -0.1) is 0 Å². The second kappa shape index (κ2) is 6.08. The maximum absolute atomic E-state index is 11.5. The molecule has 4 heteroatoms. The molecule has 0 aromatic carbocycles. The van der Waals surface area contributed by atoms with Crippen molar-refractivity contribution < 1.29 is 9.53 Å². The highest BCUT2D eigenvalue weighted by molar-refractivity contribution is 5.80. The quantitative estimate of drug-likeness (QED) is 0.746. The molecule has 0 aromatic heterocycles. The van der Waals surface area contributed by atoms with E-state index in [0.717, 1.165) is 32.5 Å². The van der Waals surface area contributed by atoms with Crippen LogP contribution in [0.2, 0.25) is 0 Å². The van der Waals surface area contributed by atoms with Crippen LogP contribution in [0.25, 0.3) is 0 Å². The van der Waals surface area contributed by atoms with E-state index < -0.39 is 0 Å². The van der Waals surface area contributed by atoms with Gasteiger partial charge in [-0.2, -0.15) is 0 Å². The van der Waals surface area contributed by atoms with E-state index in [4.69, 9.17) is 4.74 Å². The number of carbonyl (C=O) groups is 1. The highest BCUT2D eigenvalue weighted by atomic mass is 16.5. The molecule has 1 amide bonds. The number of ether oxygens (including phenoxy) is 1. The zero-order valence-electron chi connectivity index (χ0n) is 9.95. The average Bonchev–Trinajstić information content (AvgIpc) is 2.29. The molecule has 15 heavy (non-hydrogen) atoms. The van der Waals surface area contributed by atoms with E-state index in [-0.39, 0.29) is 12.0 Å². The summed E-state index contributed by atoms with van der Waals surface area (Å²) in [6.07, 6.45) is 1.76. The summed E-state index contributed by atoms with van der Waals surface area (Å²) in [6.45, 7) is 7.23. The third-order valence-corrected chi connectivity index (χ3v) is 3.10. The maximum atomic E-state index is 11.5. The average molecular weight is 214 g/mol. The van der Waals surface area contributed by atoms with Gasteiger partial charge in [0.2, 0.25) is 5.91 Å². The van der Waals surface area contributed by atoms with Crippen molar-refractivity contribution in [1.29, 1.82) is 0 Å². The van der Waals surface area contributed by atoms with Crippen molar-refractivity contribution in [2.24, 2.45) is 0 Å². The van der Waals surface area contributed by atoms with Crippen LogP contribution in [0.4, 0.5) is 0 Å². The molecular weight excluding hydrogens is 192 g/mol. The molecule has 1 aliphatic heterocycles. The van der Waals surface area contributed by atoms with Crippen molar-refractivity contribution in [3.8, 4) is 0 Å². The number of carbonyl (C=O) groups excluding carboxylic acids is 1. The number of hydrogen-bond acceptors (Lipinski definition) is 3. The van der Waals surface area contributed by atoms with Crippen molar-refractivity contribution in [3.05, 3.63) is 0 Å². The first-order valence-electron chi connectivity index (χ1n) is 5.73. The molecule has 0 spiro atoms. The molecule has 1 atom stereocenters. The zero-order chi connectivity index (χ0) is 11.3. The van der Waals surface area contributed by atoms with Crippen molar-refractivity contribution >= 4 is 5.91 Å². The molecular formula is C11H22N2O2. The first kappa shape index (κ1) is 12.5. The number of piperidine rings is 1. The van der Waals surface area contributed by atoms with E-state index in [0.29, 0.717) is 6.04 Å². The Morgan fingerprint density at radius 1 is 1.53 bits per heavy atom. The second-order valence-corrected chi connectivity index (χ2v) is 4.10. The van der Waals surface area contributed by atoms with Gasteiger partial charge in [-0.05, 0) is 26.3 Å². The van der Waals surface area contributed by atoms with Crippen LogP contribution in [-0.2, 0) is 9.53 Å². The van der Waals surface area contributed by atoms with Crippen molar-refractivity contribution in [1.82, 2.24) is 10.2 Å². The first-order valence-corrected chi connectivity index (χ1v) is 5.73. The second-order valence-electron chi connectivity index (χ2n) is 4.10. The number of nitrogens with zero attached hydrogens (tertiary/aromatic N) is 1. The Kier molecular flexibility index (Phi) is 5.05. The van der Waals surface area contributed by atoms with Gasteiger partial charge in [0.25, 0.3) is 0 Å². The van der Waals surface area contributed by atoms with E-state index in [1.807, 2.05) is 0 Å². The van der Waals surface area contributed by atoms with Gasteiger partial charge in [-0.3, -0.25) is 4.79 Å². The molecule has 1 aliphatic rings. The zero-order valence-corrected chi connectivity index (χ0v) is 9.95. The molecule has 1 unspecified atom stereocenters. The van der Waals surface area contributed by atoms with Crippen molar-refractivity contribution in [2.75, 3.05) is 26.7 Å². The normalized spacial score (nSPS) is 21.3. The number of likely N-dealkylation sites (tertiary alicyclic amines) is 1. The fraction of sp³-hybridized carbons (Fsp3) is 0.909. The summed E-state index contributed by atoms with van der Waals surface area (Å²) in [7, 11) is 1.56. The van der Waals surface area contributed by atoms with Gasteiger partial charge in [0, 0.05) is 26.2 Å². The van der Waals surface area contributed by atoms with E-state index in [2.05, 4.69) is 17.1 Å². The minimum Gasteiger partial charge on any atom is -0.372 e. The Morgan fingerprint density at radius 3 is 2.60 bits per heavy atom. The Hall–Kier alpha value is -0.610. The minimum atomic E-state index is -0.339. The van der Waals surface area contributed by atoms with Gasteiger partial charge < -0.3 is 15.0 Å². The monoisotopic (exact) mass is 214 g/mol. The summed E-state index contributed by atoms with van der Waals surface area (Å²) in [6, 6.07) is 0.331. The third kappa shape index (κ3) is 3.80. The summed E-state index contributed by atoms with van der Waals surface area (Å²) >= 11 is 0. The molecule has 0 aliphatic carbocycles. The van der Waals surface area contributed by atoms with Gasteiger partial charge >= 0.3 is 0 Å². The number of nitrogens with one attached hydrogen (secondary N) is 1. The Labute approximate surface area is 92.0 Å². The minimum absolute atomic E-state index is 0.00690. The largest absolute Gasteiger partial charge is 0.372 e. The van der Waals surface area contributed by atoms with Crippen LogP contribution in [0.15, 0.2) is 0 Å². The van der Waals surface area contributed by atoms with Crippen LogP contribution >= 0.6 is 0 Å². The number of hydrogen-bond donors (Lipinski definition) is 1. The van der Waals surface area contributed by atoms with Gasteiger partial charge in [0.05, 0.1) is 0 Å². The van der Waals surface area contributed by atoms with Crippen LogP contribution in [-0.4, -0.2) is 49.7 Å². The van der Waals surface area contributed by atoms with Crippen LogP contribution in [0.1, 0.15) is 26.7 Å². The summed E-state index contributed by atoms with van der Waals surface area (Å²) in [5.41, 5.74) is 0. The molecule has 0 bridgehead atoms. The predicted octanol–water partition coefficient (Wildman–Crippen LogP) is 0.622. The lowest BCUT2D eigenvalue weighted by molar-refractivity contribution is -0.131. The fourth-order valence-electron chi connectivity index (χ4n) is 1.82. The van der Waals surface area contributed by atoms with Crippen LogP contribution < -0.4 is 5.32 Å². The Morgan fingerprint density at radius 2 is 2.13 bits per heavy atom. The predicted molar refractivity (Wildman–Crippen MR) is 59.7 cm³/mol. The summed E-state index contributed by atoms with van der Waals surface area (Å²) < 4.78 is 4.97. The third-order valence-electron chi connectivity index (χ3n) is 3.10. The lowest BCUT2D eigenvalue weighted by Gasteiger charge is -2.31. The standard InChI is InChI=1S/C11H22N2O2/c1-4-13-7-5-10(6-8-13)12-11(14)9(2)15-3/h9-10H,4-8H2,1-3H3,(H,12,14). The lowest BCUT2D eigenvalue weighted by Crippen LogP contribution is -2.47. The molecule has 0 aromatic rings. The number of amides is 1. The smallest absolute Gasteiger partial charge is 0.249 e. The molecule has 1 heterocycles. The molecule has 1 saturated heterocycles. The van der Waals surface area contributed by atoms with Crippen LogP contribution in [0.5, 0.6) is 0 Å². The fourth-order valence-corrected chi connectivity index (χ4v) is 1.82. The maximum Gasteiger partial charge on any atom is 0.249 e. The molecule has 1 fully saturated rings. The summed E-state index contributed by atoms with van der Waals surface area (Å²) in [4.78, 5) is 13.9. The van der Waals surface area contributed by atoms with Crippen molar-refractivity contribution in [3.63, 3.8) is 0 Å². The highest BCUT2D eigenvalue weighted by Gasteiger charge is 2.21. The first-order chi connectivity index (χ1) is 7.17. The van der Waals surface area contributed by atoms with Gasteiger partial charge in [-0.1, -0.05) is 6.92 Å². The van der Waals surface area contributed by atoms with E-state index >= 15 is 0 Å². The van der Waals surface area contributed by atoms with Gasteiger partial charge in [0.15, 0.2) is 0 Å². The Balaban J connectivity index is 2.26. The molecule has 4 nitrogen and oxygen atoms in total. The van der Waals surface area contributed by atoms with E-state index in [9.17, 15) is 4.79 Å². The van der Waals surface area contributed by atoms with Gasteiger partial charge in [0.1, 0.15) is 6.10 Å². The molecule has 1 rings (SSSR count). The Bertz CT molecular complexity index is 201. The van der Waals surface area contributed by atoms with Crippen LogP contribution in [0.3, 0.4) is 0 Å². The molecule has 88 valence electrons. The SMILES string of the molecule is CCN1CCC(NC(=O)C(C)OC)CC1. The molecule has 1 N–H and O–H groups in total. The van der Waals surface area contributed by atoms with Crippen molar-refractivity contribution in [2.45, 2.75) is 38.8 Å². The topological polar surface area (TPSA) is 41.6 Å². The van der Waals surface area contributed by atoms with Crippen LogP contribution in [0, 0.1) is 0 Å².